The molecule has 3 heteroatoms. The van der Waals surface area contributed by atoms with E-state index in [9.17, 15) is 4.79 Å². The molecule has 0 atom stereocenters. The van der Waals surface area contributed by atoms with E-state index in [0.29, 0.717) is 0 Å². The van der Waals surface area contributed by atoms with Crippen molar-refractivity contribution in [1.29, 1.82) is 0 Å². The topological polar surface area (TPSA) is 23.6 Å². The molecule has 0 aromatic heterocycles. The zero-order valence-electron chi connectivity index (χ0n) is 6.34. The van der Waals surface area contributed by atoms with Gasteiger partial charge >= 0.3 is 0 Å². The van der Waals surface area contributed by atoms with Gasteiger partial charge in [-0.3, -0.25) is 9.69 Å². The molecule has 3 nitrogen and oxygen atoms in total. The number of piperazine rings is 1. The fraction of sp³-hybridized carbons (Fsp3) is 0.714. The van der Waals surface area contributed by atoms with Gasteiger partial charge in [-0.1, -0.05) is 0 Å². The van der Waals surface area contributed by atoms with Gasteiger partial charge in [-0.25, -0.2) is 0 Å². The molecule has 1 rings (SSSR count). The van der Waals surface area contributed by atoms with E-state index in [2.05, 4.69) is 7.05 Å². The SMILES string of the molecule is [CH2]N1CCN(C(C)=O)CC1. The average molecular weight is 141 g/mol. The molecule has 0 N–H and O–H groups in total. The van der Waals surface area contributed by atoms with Crippen molar-refractivity contribution < 1.29 is 4.79 Å². The Bertz CT molecular complexity index is 128. The normalized spacial score (nSPS) is 21.2. The van der Waals surface area contributed by atoms with Crippen molar-refractivity contribution in [2.45, 2.75) is 6.92 Å². The summed E-state index contributed by atoms with van der Waals surface area (Å²) < 4.78 is 0. The van der Waals surface area contributed by atoms with Gasteiger partial charge in [0.1, 0.15) is 0 Å². The monoisotopic (exact) mass is 141 g/mol. The van der Waals surface area contributed by atoms with Crippen LogP contribution in [0.15, 0.2) is 0 Å². The highest BCUT2D eigenvalue weighted by Gasteiger charge is 2.14. The minimum Gasteiger partial charge on any atom is -0.340 e. The smallest absolute Gasteiger partial charge is 0.219 e. The van der Waals surface area contributed by atoms with Crippen LogP contribution in [0.1, 0.15) is 6.92 Å². The molecule has 0 unspecified atom stereocenters. The molecule has 57 valence electrons. The molecule has 0 aromatic rings. The Labute approximate surface area is 61.6 Å². The van der Waals surface area contributed by atoms with Gasteiger partial charge in [-0.2, -0.15) is 0 Å². The predicted octanol–water partition coefficient (Wildman–Crippen LogP) is -0.0579. The summed E-state index contributed by atoms with van der Waals surface area (Å²) in [6, 6.07) is 0. The summed E-state index contributed by atoms with van der Waals surface area (Å²) in [5.74, 6) is 0.174. The Hall–Kier alpha value is -0.570. The maximum absolute atomic E-state index is 10.8. The third-order valence-corrected chi connectivity index (χ3v) is 1.82. The van der Waals surface area contributed by atoms with Gasteiger partial charge in [0, 0.05) is 40.2 Å². The maximum atomic E-state index is 10.8. The van der Waals surface area contributed by atoms with Crippen LogP contribution in [0.5, 0.6) is 0 Å². The average Bonchev–Trinajstić information content (AvgIpc) is 1.88. The molecule has 0 aromatic carbocycles. The van der Waals surface area contributed by atoms with Gasteiger partial charge in [-0.15, -0.1) is 0 Å². The van der Waals surface area contributed by atoms with Gasteiger partial charge in [0.2, 0.25) is 5.91 Å². The van der Waals surface area contributed by atoms with E-state index in [4.69, 9.17) is 0 Å². The second kappa shape index (κ2) is 3.01. The van der Waals surface area contributed by atoms with Crippen LogP contribution < -0.4 is 0 Å². The Morgan fingerprint density at radius 1 is 1.30 bits per heavy atom. The van der Waals surface area contributed by atoms with Crippen LogP contribution >= 0.6 is 0 Å². The fourth-order valence-electron chi connectivity index (χ4n) is 1.06. The number of rotatable bonds is 0. The first-order chi connectivity index (χ1) is 4.70. The Balaban J connectivity index is 2.33. The third-order valence-electron chi connectivity index (χ3n) is 1.82. The van der Waals surface area contributed by atoms with E-state index in [-0.39, 0.29) is 5.91 Å². The van der Waals surface area contributed by atoms with E-state index in [1.165, 1.54) is 0 Å². The molecule has 0 spiro atoms. The first-order valence-electron chi connectivity index (χ1n) is 3.51. The molecule has 1 radical (unpaired) electrons. The van der Waals surface area contributed by atoms with Gasteiger partial charge < -0.3 is 4.90 Å². The predicted molar refractivity (Wildman–Crippen MR) is 39.2 cm³/mol. The van der Waals surface area contributed by atoms with Crippen LogP contribution in [0.4, 0.5) is 0 Å². The quantitative estimate of drug-likeness (QED) is 0.472. The van der Waals surface area contributed by atoms with E-state index in [1.807, 2.05) is 9.80 Å². The van der Waals surface area contributed by atoms with Crippen LogP contribution in [0.2, 0.25) is 0 Å². The van der Waals surface area contributed by atoms with Crippen LogP contribution in [0.3, 0.4) is 0 Å². The molecule has 0 bridgehead atoms. The Morgan fingerprint density at radius 2 is 1.80 bits per heavy atom. The molecular formula is C7H13N2O. The minimum absolute atomic E-state index is 0.174. The number of carbonyl (C=O) groups is 1. The second-order valence-electron chi connectivity index (χ2n) is 2.62. The number of amides is 1. The van der Waals surface area contributed by atoms with Crippen LogP contribution in [-0.4, -0.2) is 41.9 Å². The summed E-state index contributed by atoms with van der Waals surface area (Å²) in [6.45, 7) is 5.08. The van der Waals surface area contributed by atoms with Crippen molar-refractivity contribution in [2.24, 2.45) is 0 Å². The van der Waals surface area contributed by atoms with Crippen molar-refractivity contribution in [1.82, 2.24) is 9.80 Å². The van der Waals surface area contributed by atoms with Crippen molar-refractivity contribution in [3.8, 4) is 0 Å². The summed E-state index contributed by atoms with van der Waals surface area (Å²) >= 11 is 0. The van der Waals surface area contributed by atoms with Gasteiger partial charge in [0.25, 0.3) is 0 Å². The zero-order chi connectivity index (χ0) is 7.56. The highest BCUT2D eigenvalue weighted by molar-refractivity contribution is 5.73. The van der Waals surface area contributed by atoms with Crippen LogP contribution in [-0.2, 0) is 4.79 Å². The highest BCUT2D eigenvalue weighted by Crippen LogP contribution is 1.98. The zero-order valence-corrected chi connectivity index (χ0v) is 6.34. The fourth-order valence-corrected chi connectivity index (χ4v) is 1.06. The Morgan fingerprint density at radius 3 is 2.20 bits per heavy atom. The number of nitrogens with zero attached hydrogens (tertiary/aromatic N) is 2. The Kier molecular flexibility index (Phi) is 2.27. The number of hydrogen-bond donors (Lipinski definition) is 0. The molecule has 1 fully saturated rings. The van der Waals surface area contributed by atoms with Crippen molar-refractivity contribution in [2.75, 3.05) is 26.2 Å². The van der Waals surface area contributed by atoms with E-state index < -0.39 is 0 Å². The molecule has 1 saturated heterocycles. The van der Waals surface area contributed by atoms with Crippen molar-refractivity contribution >= 4 is 5.91 Å². The molecular weight excluding hydrogens is 128 g/mol. The van der Waals surface area contributed by atoms with Crippen molar-refractivity contribution in [3.63, 3.8) is 0 Å². The van der Waals surface area contributed by atoms with Gasteiger partial charge in [0.15, 0.2) is 0 Å². The first-order valence-corrected chi connectivity index (χ1v) is 3.51. The molecule has 1 heterocycles. The molecule has 1 aliphatic rings. The highest BCUT2D eigenvalue weighted by atomic mass is 16.2. The summed E-state index contributed by atoms with van der Waals surface area (Å²) in [5.41, 5.74) is 0. The van der Waals surface area contributed by atoms with Gasteiger partial charge in [-0.05, 0) is 0 Å². The first kappa shape index (κ1) is 7.54. The van der Waals surface area contributed by atoms with E-state index in [1.54, 1.807) is 6.92 Å². The lowest BCUT2D eigenvalue weighted by atomic mass is 10.3. The molecule has 0 aliphatic carbocycles. The van der Waals surface area contributed by atoms with Crippen LogP contribution in [0, 0.1) is 7.05 Å². The summed E-state index contributed by atoms with van der Waals surface area (Å²) in [6.07, 6.45) is 0. The number of hydrogen-bond acceptors (Lipinski definition) is 2. The maximum Gasteiger partial charge on any atom is 0.219 e. The van der Waals surface area contributed by atoms with E-state index >= 15 is 0 Å². The lowest BCUT2D eigenvalue weighted by Crippen LogP contribution is -2.45. The van der Waals surface area contributed by atoms with Gasteiger partial charge in [0.05, 0.1) is 0 Å². The third kappa shape index (κ3) is 1.70. The second-order valence-corrected chi connectivity index (χ2v) is 2.62. The largest absolute Gasteiger partial charge is 0.340 e. The van der Waals surface area contributed by atoms with Crippen molar-refractivity contribution in [3.05, 3.63) is 7.05 Å². The summed E-state index contributed by atoms with van der Waals surface area (Å²) in [7, 11) is 3.79. The standard InChI is InChI=1S/C7H13N2O/c1-7(10)9-5-3-8(2)4-6-9/h2-6H2,1H3. The molecule has 0 saturated carbocycles. The molecule has 1 amide bonds. The molecule has 1 aliphatic heterocycles. The molecule has 10 heavy (non-hydrogen) atoms. The van der Waals surface area contributed by atoms with E-state index in [0.717, 1.165) is 26.2 Å². The summed E-state index contributed by atoms with van der Waals surface area (Å²) in [4.78, 5) is 14.6. The number of carbonyl (C=O) groups excluding carboxylic acids is 1. The lowest BCUT2D eigenvalue weighted by molar-refractivity contribution is -0.130. The van der Waals surface area contributed by atoms with Crippen LogP contribution in [0.25, 0.3) is 0 Å². The lowest BCUT2D eigenvalue weighted by Gasteiger charge is -2.31. The minimum atomic E-state index is 0.174. The summed E-state index contributed by atoms with van der Waals surface area (Å²) in [5, 5.41) is 0.